The van der Waals surface area contributed by atoms with Gasteiger partial charge < -0.3 is 15.2 Å². The highest BCUT2D eigenvalue weighted by Crippen LogP contribution is 2.19. The third-order valence-corrected chi connectivity index (χ3v) is 5.76. The lowest BCUT2D eigenvalue weighted by molar-refractivity contribution is -0.116. The minimum atomic E-state index is -0.160. The van der Waals surface area contributed by atoms with Crippen LogP contribution in [-0.4, -0.2) is 47.3 Å². The Balaban J connectivity index is 1.32. The molecule has 0 aliphatic carbocycles. The zero-order valence-electron chi connectivity index (χ0n) is 17.6. The summed E-state index contributed by atoms with van der Waals surface area (Å²) < 4.78 is 3.62. The van der Waals surface area contributed by atoms with Crippen molar-refractivity contribution in [1.82, 2.24) is 29.8 Å². The first-order chi connectivity index (χ1) is 15.5. The summed E-state index contributed by atoms with van der Waals surface area (Å²) in [6.07, 6.45) is 0.412. The predicted octanol–water partition coefficient (Wildman–Crippen LogP) is 2.69. The zero-order valence-corrected chi connectivity index (χ0v) is 18.5. The van der Waals surface area contributed by atoms with E-state index in [4.69, 9.17) is 0 Å². The van der Waals surface area contributed by atoms with Crippen molar-refractivity contribution in [3.05, 3.63) is 54.4 Å². The first-order valence-electron chi connectivity index (χ1n) is 10.0. The van der Waals surface area contributed by atoms with Gasteiger partial charge in [0.1, 0.15) is 12.1 Å². The Morgan fingerprint density at radius 3 is 2.34 bits per heavy atom. The van der Waals surface area contributed by atoms with Crippen LogP contribution >= 0.6 is 11.8 Å². The maximum atomic E-state index is 12.3. The average molecular weight is 451 g/mol. The van der Waals surface area contributed by atoms with Crippen molar-refractivity contribution in [1.29, 1.82) is 0 Å². The van der Waals surface area contributed by atoms with Crippen LogP contribution < -0.4 is 10.6 Å². The van der Waals surface area contributed by atoms with Crippen LogP contribution in [0.5, 0.6) is 0 Å². The fourth-order valence-electron chi connectivity index (χ4n) is 2.99. The summed E-state index contributed by atoms with van der Waals surface area (Å²) in [6, 6.07) is 14.7. The highest BCUT2D eigenvalue weighted by atomic mass is 32.2. The van der Waals surface area contributed by atoms with Crippen LogP contribution in [0.1, 0.15) is 19.2 Å². The monoisotopic (exact) mass is 450 g/mol. The van der Waals surface area contributed by atoms with E-state index in [0.717, 1.165) is 11.0 Å². The van der Waals surface area contributed by atoms with Gasteiger partial charge in [-0.15, -0.1) is 15.3 Å². The Morgan fingerprint density at radius 1 is 0.938 bits per heavy atom. The van der Waals surface area contributed by atoms with Gasteiger partial charge in [0.2, 0.25) is 11.8 Å². The van der Waals surface area contributed by atoms with E-state index in [0.29, 0.717) is 35.3 Å². The van der Waals surface area contributed by atoms with Gasteiger partial charge in [-0.3, -0.25) is 9.59 Å². The molecule has 0 radical (unpaired) electrons. The predicted molar refractivity (Wildman–Crippen MR) is 122 cm³/mol. The minimum absolute atomic E-state index is 0.0572. The second kappa shape index (κ2) is 9.60. The fourth-order valence-corrected chi connectivity index (χ4v) is 3.72. The number of benzene rings is 2. The summed E-state index contributed by atoms with van der Waals surface area (Å²) in [5.74, 6) is 0.686. The summed E-state index contributed by atoms with van der Waals surface area (Å²) in [7, 11) is 1.86. The number of hydrogen-bond donors (Lipinski definition) is 2. The van der Waals surface area contributed by atoms with Gasteiger partial charge in [0.05, 0.1) is 11.3 Å². The number of amides is 2. The molecule has 4 aromatic rings. The maximum absolute atomic E-state index is 12.3. The Kier molecular flexibility index (Phi) is 6.45. The van der Waals surface area contributed by atoms with Crippen molar-refractivity contribution in [2.75, 3.05) is 16.4 Å². The molecule has 4 rings (SSSR count). The summed E-state index contributed by atoms with van der Waals surface area (Å²) in [6.45, 7) is 2.22. The average Bonchev–Trinajstić information content (AvgIpc) is 3.37. The number of para-hydroxylation sites is 1. The number of carbonyl (C=O) groups excluding carboxylic acids is 2. The quantitative estimate of drug-likeness (QED) is 0.396. The van der Waals surface area contributed by atoms with Crippen LogP contribution in [0.3, 0.4) is 0 Å². The normalized spacial score (nSPS) is 10.9. The molecule has 0 unspecified atom stereocenters. The number of rotatable bonds is 8. The first-order valence-corrected chi connectivity index (χ1v) is 11.0. The summed E-state index contributed by atoms with van der Waals surface area (Å²) in [5, 5.41) is 23.0. The Labute approximate surface area is 188 Å². The van der Waals surface area contributed by atoms with Gasteiger partial charge in [-0.25, -0.2) is 4.68 Å². The number of nitrogens with zero attached hydrogens (tertiary/aromatic N) is 6. The van der Waals surface area contributed by atoms with Crippen LogP contribution in [0.4, 0.5) is 11.4 Å². The number of hydrogen-bond acceptors (Lipinski definition) is 7. The maximum Gasteiger partial charge on any atom is 0.234 e. The number of aromatic nitrogens is 6. The molecule has 0 saturated carbocycles. The van der Waals surface area contributed by atoms with E-state index < -0.39 is 0 Å². The van der Waals surface area contributed by atoms with Gasteiger partial charge in [-0.05, 0) is 36.4 Å². The van der Waals surface area contributed by atoms with Crippen molar-refractivity contribution in [3.63, 3.8) is 0 Å². The molecule has 164 valence electrons. The summed E-state index contributed by atoms with van der Waals surface area (Å²) >= 11 is 1.30. The largest absolute Gasteiger partial charge is 0.326 e. The standard InChI is InChI=1S/C21H22N8O2S/c1-3-19(30)22-14-8-10-15(11-9-14)23-20(31)13-32-21-26-25-18(28(21)2)12-29-17-7-5-4-6-16(17)24-27-29/h4-11H,3,12-13H2,1-2H3,(H,22,30)(H,23,31). The molecule has 2 amide bonds. The molecule has 2 aromatic heterocycles. The number of anilines is 2. The van der Waals surface area contributed by atoms with E-state index in [1.165, 1.54) is 11.8 Å². The second-order valence-electron chi connectivity index (χ2n) is 7.01. The minimum Gasteiger partial charge on any atom is -0.326 e. The molecule has 0 aliphatic rings. The topological polar surface area (TPSA) is 120 Å². The third-order valence-electron chi connectivity index (χ3n) is 4.74. The van der Waals surface area contributed by atoms with Gasteiger partial charge in [0, 0.05) is 24.8 Å². The van der Waals surface area contributed by atoms with Crippen LogP contribution in [0.2, 0.25) is 0 Å². The van der Waals surface area contributed by atoms with Crippen molar-refractivity contribution >= 4 is 46.0 Å². The molecule has 32 heavy (non-hydrogen) atoms. The lowest BCUT2D eigenvalue weighted by Gasteiger charge is -2.07. The van der Waals surface area contributed by atoms with E-state index in [2.05, 4.69) is 31.1 Å². The molecular weight excluding hydrogens is 428 g/mol. The SMILES string of the molecule is CCC(=O)Nc1ccc(NC(=O)CSc2nnc(Cn3nnc4ccccc43)n2C)cc1. The first kappa shape index (κ1) is 21.5. The van der Waals surface area contributed by atoms with Crippen LogP contribution in [0.25, 0.3) is 11.0 Å². The molecule has 2 N–H and O–H groups in total. The molecule has 2 heterocycles. The van der Waals surface area contributed by atoms with E-state index >= 15 is 0 Å². The van der Waals surface area contributed by atoms with E-state index in [1.807, 2.05) is 35.9 Å². The van der Waals surface area contributed by atoms with Gasteiger partial charge in [0.25, 0.3) is 0 Å². The Morgan fingerprint density at radius 2 is 1.62 bits per heavy atom. The van der Waals surface area contributed by atoms with E-state index in [-0.39, 0.29) is 17.6 Å². The van der Waals surface area contributed by atoms with Gasteiger partial charge in [-0.1, -0.05) is 36.0 Å². The number of carbonyl (C=O) groups is 2. The van der Waals surface area contributed by atoms with Gasteiger partial charge in [0.15, 0.2) is 11.0 Å². The molecule has 0 saturated heterocycles. The second-order valence-corrected chi connectivity index (χ2v) is 7.95. The fraction of sp³-hybridized carbons (Fsp3) is 0.238. The van der Waals surface area contributed by atoms with Crippen LogP contribution in [-0.2, 0) is 23.2 Å². The molecule has 0 bridgehead atoms. The van der Waals surface area contributed by atoms with Crippen LogP contribution in [0, 0.1) is 0 Å². The van der Waals surface area contributed by atoms with Crippen molar-refractivity contribution in [3.8, 4) is 0 Å². The molecule has 11 heteroatoms. The van der Waals surface area contributed by atoms with Crippen molar-refractivity contribution in [2.45, 2.75) is 25.0 Å². The smallest absolute Gasteiger partial charge is 0.234 e. The molecule has 10 nitrogen and oxygen atoms in total. The van der Waals surface area contributed by atoms with Gasteiger partial charge >= 0.3 is 0 Å². The summed E-state index contributed by atoms with van der Waals surface area (Å²) in [4.78, 5) is 23.8. The van der Waals surface area contributed by atoms with Crippen molar-refractivity contribution in [2.24, 2.45) is 7.05 Å². The van der Waals surface area contributed by atoms with Crippen LogP contribution in [0.15, 0.2) is 53.7 Å². The summed E-state index contributed by atoms with van der Waals surface area (Å²) in [5.41, 5.74) is 3.09. The van der Waals surface area contributed by atoms with E-state index in [9.17, 15) is 9.59 Å². The zero-order chi connectivity index (χ0) is 22.5. The lowest BCUT2D eigenvalue weighted by atomic mass is 10.2. The van der Waals surface area contributed by atoms with E-state index in [1.54, 1.807) is 35.9 Å². The number of thioether (sulfide) groups is 1. The molecule has 2 aromatic carbocycles. The highest BCUT2D eigenvalue weighted by molar-refractivity contribution is 7.99. The molecule has 0 aliphatic heterocycles. The molecule has 0 atom stereocenters. The van der Waals surface area contributed by atoms with Crippen molar-refractivity contribution < 1.29 is 9.59 Å². The number of nitrogens with one attached hydrogen (secondary N) is 2. The third kappa shape index (κ3) is 4.94. The molecule has 0 fully saturated rings. The Hall–Kier alpha value is -3.73. The molecule has 0 spiro atoms. The lowest BCUT2D eigenvalue weighted by Crippen LogP contribution is -2.15. The highest BCUT2D eigenvalue weighted by Gasteiger charge is 2.14. The Bertz CT molecular complexity index is 1250. The molecular formula is C21H22N8O2S. The van der Waals surface area contributed by atoms with Gasteiger partial charge in [-0.2, -0.15) is 0 Å². The number of fused-ring (bicyclic) bond motifs is 1.